The van der Waals surface area contributed by atoms with Gasteiger partial charge in [0.25, 0.3) is 0 Å². The van der Waals surface area contributed by atoms with Crippen LogP contribution in [0.25, 0.3) is 11.0 Å². The van der Waals surface area contributed by atoms with Crippen LogP contribution in [0.4, 0.5) is 10.2 Å². The van der Waals surface area contributed by atoms with Gasteiger partial charge in [0, 0.05) is 31.5 Å². The molecule has 1 saturated heterocycles. The van der Waals surface area contributed by atoms with Crippen LogP contribution < -0.4 is 10.3 Å². The van der Waals surface area contributed by atoms with E-state index in [4.69, 9.17) is 0 Å². The third-order valence-corrected chi connectivity index (χ3v) is 5.62. The molecule has 0 spiro atoms. The summed E-state index contributed by atoms with van der Waals surface area (Å²) >= 11 is 0. The first-order valence-corrected chi connectivity index (χ1v) is 9.62. The van der Waals surface area contributed by atoms with Gasteiger partial charge >= 0.3 is 5.97 Å². The van der Waals surface area contributed by atoms with Crippen molar-refractivity contribution in [3.63, 3.8) is 0 Å². The molecular weight excluding hydrogens is 379 g/mol. The van der Waals surface area contributed by atoms with E-state index in [0.29, 0.717) is 18.7 Å². The molecule has 1 unspecified atom stereocenters. The number of aromatic nitrogens is 5. The van der Waals surface area contributed by atoms with Gasteiger partial charge < -0.3 is 14.6 Å². The summed E-state index contributed by atoms with van der Waals surface area (Å²) in [5.41, 5.74) is -0.731. The van der Waals surface area contributed by atoms with Crippen molar-refractivity contribution < 1.29 is 14.3 Å². The van der Waals surface area contributed by atoms with Crippen LogP contribution in [0, 0.1) is 5.82 Å². The van der Waals surface area contributed by atoms with Crippen molar-refractivity contribution in [2.75, 3.05) is 18.0 Å². The number of rotatable bonds is 4. The molecule has 2 aliphatic rings. The number of anilines is 1. The van der Waals surface area contributed by atoms with Gasteiger partial charge in [0.2, 0.25) is 5.43 Å². The van der Waals surface area contributed by atoms with Crippen LogP contribution in [0.1, 0.15) is 48.1 Å². The lowest BCUT2D eigenvalue weighted by atomic mass is 10.1. The van der Waals surface area contributed by atoms with Gasteiger partial charge in [-0.2, -0.15) is 0 Å². The van der Waals surface area contributed by atoms with Crippen LogP contribution in [0.15, 0.2) is 29.5 Å². The Balaban J connectivity index is 1.61. The molecule has 4 heterocycles. The van der Waals surface area contributed by atoms with Gasteiger partial charge in [-0.25, -0.2) is 18.9 Å². The Hall–Kier alpha value is -3.30. The zero-order valence-corrected chi connectivity index (χ0v) is 15.5. The molecule has 1 aliphatic carbocycles. The lowest BCUT2D eigenvalue weighted by Gasteiger charge is -2.33. The van der Waals surface area contributed by atoms with Crippen molar-refractivity contribution in [2.45, 2.75) is 37.8 Å². The first-order valence-electron chi connectivity index (χ1n) is 9.62. The summed E-state index contributed by atoms with van der Waals surface area (Å²) in [6.07, 6.45) is 8.25. The fourth-order valence-electron chi connectivity index (χ4n) is 4.02. The van der Waals surface area contributed by atoms with Crippen molar-refractivity contribution in [3.05, 3.63) is 46.3 Å². The molecule has 0 radical (unpaired) electrons. The largest absolute Gasteiger partial charge is 0.477 e. The Bertz CT molecular complexity index is 1150. The highest BCUT2D eigenvalue weighted by molar-refractivity contribution is 5.92. The van der Waals surface area contributed by atoms with Crippen molar-refractivity contribution in [3.8, 4) is 0 Å². The Morgan fingerprint density at radius 3 is 2.76 bits per heavy atom. The van der Waals surface area contributed by atoms with Crippen molar-refractivity contribution in [1.82, 2.24) is 24.5 Å². The zero-order valence-electron chi connectivity index (χ0n) is 15.5. The quantitative estimate of drug-likeness (QED) is 0.716. The van der Waals surface area contributed by atoms with E-state index in [0.717, 1.165) is 31.7 Å². The zero-order chi connectivity index (χ0) is 20.1. The maximum atomic E-state index is 15.0. The van der Waals surface area contributed by atoms with E-state index in [1.807, 2.05) is 4.90 Å². The highest BCUT2D eigenvalue weighted by atomic mass is 19.1. The average Bonchev–Trinajstić information content (AvgIpc) is 3.41. The van der Waals surface area contributed by atoms with Gasteiger partial charge in [-0.3, -0.25) is 4.79 Å². The second-order valence-electron chi connectivity index (χ2n) is 7.61. The third-order valence-electron chi connectivity index (χ3n) is 5.62. The Morgan fingerprint density at radius 2 is 2.07 bits per heavy atom. The second kappa shape index (κ2) is 6.64. The molecule has 0 amide bonds. The lowest BCUT2D eigenvalue weighted by Crippen LogP contribution is -2.38. The van der Waals surface area contributed by atoms with E-state index < -0.39 is 17.2 Å². The molecule has 1 N–H and O–H groups in total. The minimum Gasteiger partial charge on any atom is -0.477 e. The molecule has 1 aliphatic heterocycles. The molecule has 9 nitrogen and oxygen atoms in total. The number of halogens is 1. The number of fused-ring (bicyclic) bond motifs is 1. The number of hydrogen-bond donors (Lipinski definition) is 1. The number of carboxylic acids is 1. The fourth-order valence-corrected chi connectivity index (χ4v) is 4.02. The molecule has 3 aromatic rings. The van der Waals surface area contributed by atoms with E-state index in [-0.39, 0.29) is 28.9 Å². The maximum absolute atomic E-state index is 15.0. The summed E-state index contributed by atoms with van der Waals surface area (Å²) in [6.45, 7) is 1.17. The molecular formula is C19H19FN6O3. The fraction of sp³-hybridized carbons (Fsp3) is 0.421. The molecule has 2 fully saturated rings. The molecule has 5 rings (SSSR count). The summed E-state index contributed by atoms with van der Waals surface area (Å²) in [4.78, 5) is 30.4. The molecule has 150 valence electrons. The monoisotopic (exact) mass is 398 g/mol. The first-order chi connectivity index (χ1) is 14.0. The number of aromatic carboxylic acids is 1. The average molecular weight is 398 g/mol. The van der Waals surface area contributed by atoms with Gasteiger partial charge in [0.05, 0.1) is 17.6 Å². The minimum absolute atomic E-state index is 0.00267. The minimum atomic E-state index is -1.32. The smallest absolute Gasteiger partial charge is 0.341 e. The number of carboxylic acid groups (broad SMARTS) is 1. The van der Waals surface area contributed by atoms with E-state index in [2.05, 4.69) is 15.3 Å². The van der Waals surface area contributed by atoms with Gasteiger partial charge in [-0.05, 0) is 31.7 Å². The van der Waals surface area contributed by atoms with Gasteiger partial charge in [-0.1, -0.05) is 5.21 Å². The van der Waals surface area contributed by atoms with Crippen molar-refractivity contribution in [1.29, 1.82) is 0 Å². The maximum Gasteiger partial charge on any atom is 0.341 e. The van der Waals surface area contributed by atoms with Crippen LogP contribution in [0.5, 0.6) is 0 Å². The predicted molar refractivity (Wildman–Crippen MR) is 102 cm³/mol. The van der Waals surface area contributed by atoms with Gasteiger partial charge in [-0.15, -0.1) is 5.10 Å². The Morgan fingerprint density at radius 1 is 1.24 bits per heavy atom. The number of carbonyl (C=O) groups is 1. The summed E-state index contributed by atoms with van der Waals surface area (Å²) in [5, 5.41) is 17.2. The van der Waals surface area contributed by atoms with E-state index in [1.165, 1.54) is 6.20 Å². The number of nitrogens with zero attached hydrogens (tertiary/aromatic N) is 6. The molecule has 0 bridgehead atoms. The Kier molecular flexibility index (Phi) is 4.07. The summed E-state index contributed by atoms with van der Waals surface area (Å²) < 4.78 is 18.5. The highest BCUT2D eigenvalue weighted by Crippen LogP contribution is 2.37. The van der Waals surface area contributed by atoms with E-state index >= 15 is 4.39 Å². The van der Waals surface area contributed by atoms with Crippen LogP contribution >= 0.6 is 0 Å². The topological polar surface area (TPSA) is 106 Å². The normalized spacial score (nSPS) is 19.6. The van der Waals surface area contributed by atoms with Crippen LogP contribution in [-0.4, -0.2) is 48.7 Å². The van der Waals surface area contributed by atoms with E-state index in [1.54, 1.807) is 21.6 Å². The molecule has 3 aromatic heterocycles. The van der Waals surface area contributed by atoms with Gasteiger partial charge in [0.1, 0.15) is 11.2 Å². The molecule has 29 heavy (non-hydrogen) atoms. The Labute approximate surface area is 164 Å². The molecule has 0 aromatic carbocycles. The van der Waals surface area contributed by atoms with Gasteiger partial charge in [0.15, 0.2) is 11.6 Å². The summed E-state index contributed by atoms with van der Waals surface area (Å²) in [5.74, 6) is -1.76. The van der Waals surface area contributed by atoms with Crippen LogP contribution in [-0.2, 0) is 0 Å². The number of pyridine rings is 2. The van der Waals surface area contributed by atoms with Crippen molar-refractivity contribution in [2.24, 2.45) is 0 Å². The third kappa shape index (κ3) is 3.04. The van der Waals surface area contributed by atoms with Crippen LogP contribution in [0.3, 0.4) is 0 Å². The van der Waals surface area contributed by atoms with Crippen LogP contribution in [0.2, 0.25) is 0 Å². The first kappa shape index (κ1) is 17.8. The summed E-state index contributed by atoms with van der Waals surface area (Å²) in [6, 6.07) is 1.28. The summed E-state index contributed by atoms with van der Waals surface area (Å²) in [7, 11) is 0. The van der Waals surface area contributed by atoms with Crippen molar-refractivity contribution >= 4 is 22.8 Å². The lowest BCUT2D eigenvalue weighted by molar-refractivity contribution is 0.0695. The molecule has 1 atom stereocenters. The standard InChI is InChI=1S/C19H19FN6O3/c20-15-8-13-16(27)14(19(28)29)10-25(11-3-4-11)17(13)22-18(15)24-6-1-2-12(9-24)26-7-5-21-23-26/h5,7-8,10-12H,1-4,6,9H2,(H,28,29). The highest BCUT2D eigenvalue weighted by Gasteiger charge is 2.30. The second-order valence-corrected chi connectivity index (χ2v) is 7.61. The number of piperidine rings is 1. The van der Waals surface area contributed by atoms with E-state index in [9.17, 15) is 14.7 Å². The predicted octanol–water partition coefficient (Wildman–Crippen LogP) is 2.00. The number of hydrogen-bond acceptors (Lipinski definition) is 6. The molecule has 1 saturated carbocycles. The SMILES string of the molecule is O=C(O)c1cn(C2CC2)c2nc(N3CCCC(n4ccnn4)C3)c(F)cc2c1=O. The molecule has 10 heteroatoms.